The van der Waals surface area contributed by atoms with Gasteiger partial charge < -0.3 is 18.3 Å². The summed E-state index contributed by atoms with van der Waals surface area (Å²) < 4.78 is 17.2. The smallest absolute Gasteiger partial charge is 0.248 e. The molecule has 0 unspecified atom stereocenters. The van der Waals surface area contributed by atoms with Crippen LogP contribution in [0.1, 0.15) is 45.4 Å². The molecule has 11 aromatic rings. The van der Waals surface area contributed by atoms with Crippen LogP contribution in [-0.4, -0.2) is 25.9 Å². The number of para-hydroxylation sites is 4. The highest BCUT2D eigenvalue weighted by molar-refractivity contribution is 6.10. The Bertz CT molecular complexity index is 3110. The Morgan fingerprint density at radius 1 is 0.391 bits per heavy atom. The van der Waals surface area contributed by atoms with Crippen molar-refractivity contribution in [2.45, 2.75) is 45.4 Å². The topological polar surface area (TPSA) is 58.0 Å². The molecule has 0 aliphatic carbocycles. The lowest BCUT2D eigenvalue weighted by Crippen LogP contribution is -1.97. The van der Waals surface area contributed by atoms with E-state index < -0.39 is 0 Å². The van der Waals surface area contributed by atoms with E-state index in [2.05, 4.69) is 190 Å². The van der Waals surface area contributed by atoms with E-state index in [0.29, 0.717) is 11.8 Å². The van der Waals surface area contributed by atoms with Crippen molar-refractivity contribution in [1.82, 2.24) is 19.3 Å². The quantitative estimate of drug-likeness (QED) is 0.102. The molecule has 3 heterocycles. The van der Waals surface area contributed by atoms with Gasteiger partial charge >= 0.3 is 0 Å². The van der Waals surface area contributed by atoms with Gasteiger partial charge in [-0.25, -0.2) is 0 Å². The van der Waals surface area contributed by atoms with Crippen LogP contribution in [0, 0.1) is 0 Å². The van der Waals surface area contributed by atoms with Gasteiger partial charge in [0.25, 0.3) is 0 Å². The van der Waals surface area contributed by atoms with Crippen LogP contribution in [0.3, 0.4) is 0 Å². The predicted octanol–water partition coefficient (Wildman–Crippen LogP) is 15.7. The number of fused-ring (bicyclic) bond motifs is 6. The monoisotopic (exact) mass is 832 g/mol. The van der Waals surface area contributed by atoms with Crippen LogP contribution in [0.2, 0.25) is 0 Å². The van der Waals surface area contributed by atoms with Crippen LogP contribution in [-0.2, 0) is 0 Å². The van der Waals surface area contributed by atoms with E-state index in [9.17, 15) is 0 Å². The molecule has 312 valence electrons. The van der Waals surface area contributed by atoms with Crippen LogP contribution in [0.15, 0.2) is 192 Å². The van der Waals surface area contributed by atoms with Gasteiger partial charge in [-0.05, 0) is 120 Å². The highest BCUT2D eigenvalue weighted by atomic mass is 16.5. The summed E-state index contributed by atoms with van der Waals surface area (Å²) >= 11 is 0. The SMILES string of the molecule is CCCCCCCCOc1ccc(-c2nnc(-c3cc(-c4ccc(-n5c6ccccc6c6ccccc65)cc4)cc(-c4ccc(-n5c6ccccc6c6ccccc65)cc4)c3)o2)cc1. The van der Waals surface area contributed by atoms with Gasteiger partial charge in [0.1, 0.15) is 5.75 Å². The first kappa shape index (κ1) is 39.2. The van der Waals surface area contributed by atoms with Crippen molar-refractivity contribution in [3.63, 3.8) is 0 Å². The summed E-state index contributed by atoms with van der Waals surface area (Å²) in [6.07, 6.45) is 7.41. The average Bonchev–Trinajstić information content (AvgIpc) is 4.08. The minimum Gasteiger partial charge on any atom is -0.494 e. The summed E-state index contributed by atoms with van der Waals surface area (Å²) in [5.41, 5.74) is 13.0. The van der Waals surface area contributed by atoms with Crippen molar-refractivity contribution in [3.8, 4) is 62.3 Å². The Morgan fingerprint density at radius 2 is 0.781 bits per heavy atom. The molecule has 0 spiro atoms. The van der Waals surface area contributed by atoms with E-state index in [1.54, 1.807) is 0 Å². The van der Waals surface area contributed by atoms with E-state index in [4.69, 9.17) is 9.15 Å². The Hall–Kier alpha value is -7.70. The van der Waals surface area contributed by atoms with E-state index in [0.717, 1.165) is 63.5 Å². The first-order valence-corrected chi connectivity index (χ1v) is 22.6. The fourth-order valence-corrected chi connectivity index (χ4v) is 9.31. The molecular formula is C58H48N4O2. The largest absolute Gasteiger partial charge is 0.494 e. The van der Waals surface area contributed by atoms with Gasteiger partial charge in [0, 0.05) is 44.0 Å². The zero-order valence-corrected chi connectivity index (χ0v) is 36.0. The van der Waals surface area contributed by atoms with Gasteiger partial charge in [-0.15, -0.1) is 10.2 Å². The van der Waals surface area contributed by atoms with Crippen LogP contribution >= 0.6 is 0 Å². The van der Waals surface area contributed by atoms with E-state index in [1.807, 2.05) is 24.3 Å². The van der Waals surface area contributed by atoms with Crippen molar-refractivity contribution >= 4 is 43.6 Å². The second kappa shape index (κ2) is 17.2. The average molecular weight is 833 g/mol. The number of aromatic nitrogens is 4. The Balaban J connectivity index is 0.935. The Labute approximate surface area is 373 Å². The van der Waals surface area contributed by atoms with Gasteiger partial charge in [-0.1, -0.05) is 136 Å². The summed E-state index contributed by atoms with van der Waals surface area (Å²) in [5, 5.41) is 14.1. The number of benzene rings is 8. The lowest BCUT2D eigenvalue weighted by atomic mass is 9.95. The molecule has 0 aliphatic rings. The number of unbranched alkanes of at least 4 members (excludes halogenated alkanes) is 5. The molecule has 3 aromatic heterocycles. The molecule has 0 bridgehead atoms. The highest BCUT2D eigenvalue weighted by Gasteiger charge is 2.17. The molecule has 0 N–H and O–H groups in total. The number of rotatable bonds is 14. The van der Waals surface area contributed by atoms with Crippen molar-refractivity contribution in [2.75, 3.05) is 6.61 Å². The number of hydrogen-bond donors (Lipinski definition) is 0. The van der Waals surface area contributed by atoms with Crippen LogP contribution in [0.5, 0.6) is 5.75 Å². The summed E-state index contributed by atoms with van der Waals surface area (Å²) in [7, 11) is 0. The van der Waals surface area contributed by atoms with Crippen LogP contribution in [0.25, 0.3) is 100 Å². The van der Waals surface area contributed by atoms with E-state index in [-0.39, 0.29) is 0 Å². The molecule has 0 fully saturated rings. The number of hydrogen-bond acceptors (Lipinski definition) is 4. The molecule has 11 rings (SSSR count). The number of nitrogens with zero attached hydrogens (tertiary/aromatic N) is 4. The maximum absolute atomic E-state index is 6.45. The van der Waals surface area contributed by atoms with Crippen LogP contribution < -0.4 is 4.74 Å². The van der Waals surface area contributed by atoms with Crippen molar-refractivity contribution in [3.05, 3.63) is 188 Å². The zero-order chi connectivity index (χ0) is 42.8. The fraction of sp³-hybridized carbons (Fsp3) is 0.138. The second-order valence-electron chi connectivity index (χ2n) is 16.7. The summed E-state index contributed by atoms with van der Waals surface area (Å²) in [6, 6.07) is 66.7. The van der Waals surface area contributed by atoms with Gasteiger partial charge in [0.05, 0.1) is 28.7 Å². The fourth-order valence-electron chi connectivity index (χ4n) is 9.31. The molecule has 8 aromatic carbocycles. The molecular weight excluding hydrogens is 785 g/mol. The molecule has 64 heavy (non-hydrogen) atoms. The molecule has 0 saturated carbocycles. The molecule has 6 nitrogen and oxygen atoms in total. The van der Waals surface area contributed by atoms with Crippen LogP contribution in [0.4, 0.5) is 0 Å². The van der Waals surface area contributed by atoms with Gasteiger partial charge in [-0.2, -0.15) is 0 Å². The molecule has 0 saturated heterocycles. The summed E-state index contributed by atoms with van der Waals surface area (Å²) in [4.78, 5) is 0. The third-order valence-corrected chi connectivity index (χ3v) is 12.6. The predicted molar refractivity (Wildman–Crippen MR) is 264 cm³/mol. The van der Waals surface area contributed by atoms with Crippen molar-refractivity contribution in [1.29, 1.82) is 0 Å². The molecule has 0 atom stereocenters. The second-order valence-corrected chi connectivity index (χ2v) is 16.7. The molecule has 0 aliphatic heterocycles. The van der Waals surface area contributed by atoms with E-state index in [1.165, 1.54) is 75.7 Å². The third kappa shape index (κ3) is 7.41. The van der Waals surface area contributed by atoms with Gasteiger partial charge in [-0.3, -0.25) is 0 Å². The third-order valence-electron chi connectivity index (χ3n) is 12.6. The summed E-state index contributed by atoms with van der Waals surface area (Å²) in [6.45, 7) is 2.97. The van der Waals surface area contributed by atoms with Gasteiger partial charge in [0.15, 0.2) is 0 Å². The highest BCUT2D eigenvalue weighted by Crippen LogP contribution is 2.38. The minimum atomic E-state index is 0.463. The minimum absolute atomic E-state index is 0.463. The van der Waals surface area contributed by atoms with Crippen molar-refractivity contribution in [2.24, 2.45) is 0 Å². The van der Waals surface area contributed by atoms with E-state index >= 15 is 0 Å². The normalized spacial score (nSPS) is 11.6. The molecule has 6 heteroatoms. The first-order valence-electron chi connectivity index (χ1n) is 22.6. The molecule has 0 radical (unpaired) electrons. The standard InChI is InChI=1S/C58H48N4O2/c1-2-3-4-5-6-15-36-63-48-34-28-42(29-35-48)57-59-60-58(64-57)45-38-43(40-24-30-46(31-25-40)61-53-20-11-7-16-49(53)50-17-8-12-21-54(50)61)37-44(39-45)41-26-32-47(33-27-41)62-55-22-13-9-18-51(55)52-19-10-14-23-56(52)62/h7-14,16-35,37-39H,2-6,15,36H2,1H3. The van der Waals surface area contributed by atoms with Gasteiger partial charge in [0.2, 0.25) is 11.8 Å². The van der Waals surface area contributed by atoms with Crippen molar-refractivity contribution < 1.29 is 9.15 Å². The lowest BCUT2D eigenvalue weighted by Gasteiger charge is -2.13. The Kier molecular flexibility index (Phi) is 10.5. The zero-order valence-electron chi connectivity index (χ0n) is 36.0. The molecule has 0 amide bonds. The summed E-state index contributed by atoms with van der Waals surface area (Å²) in [5.74, 6) is 1.78. The maximum atomic E-state index is 6.45. The number of ether oxygens (including phenoxy) is 1. The Morgan fingerprint density at radius 3 is 1.25 bits per heavy atom. The first-order chi connectivity index (χ1) is 31.7. The maximum Gasteiger partial charge on any atom is 0.248 e. The lowest BCUT2D eigenvalue weighted by molar-refractivity contribution is 0.304.